The molecule has 134 valence electrons. The second-order valence-corrected chi connectivity index (χ2v) is 6.52. The van der Waals surface area contributed by atoms with E-state index in [1.807, 2.05) is 0 Å². The van der Waals surface area contributed by atoms with E-state index in [-0.39, 0.29) is 0 Å². The number of carbonyl (C=O) groups excluding carboxylic acids is 1. The standard InChI is InChI=1S/C21H28N2O2/c1-3-22(4-2)20-9-5-17(6-10-20)15-18-7-8-19(16-24)21(18)23-11-13-25-14-12-23/h5-6,9-10,15-16H,3-4,7-8,11-14H2,1-2H3/b18-15-. The van der Waals surface area contributed by atoms with Crippen molar-refractivity contribution in [1.29, 1.82) is 0 Å². The first-order chi connectivity index (χ1) is 12.3. The maximum absolute atomic E-state index is 11.5. The molecule has 1 aliphatic heterocycles. The predicted octanol–water partition coefficient (Wildman–Crippen LogP) is 3.50. The number of aldehydes is 1. The molecule has 4 heteroatoms. The largest absolute Gasteiger partial charge is 0.378 e. The van der Waals surface area contributed by atoms with Gasteiger partial charge in [0.2, 0.25) is 0 Å². The highest BCUT2D eigenvalue weighted by Crippen LogP contribution is 2.35. The fourth-order valence-electron chi connectivity index (χ4n) is 3.73. The molecule has 25 heavy (non-hydrogen) atoms. The molecular formula is C21H28N2O2. The van der Waals surface area contributed by atoms with E-state index in [4.69, 9.17) is 4.74 Å². The lowest BCUT2D eigenvalue weighted by molar-refractivity contribution is -0.105. The van der Waals surface area contributed by atoms with Gasteiger partial charge in [0, 0.05) is 43.1 Å². The van der Waals surface area contributed by atoms with Crippen LogP contribution in [0.4, 0.5) is 5.69 Å². The minimum Gasteiger partial charge on any atom is -0.378 e. The van der Waals surface area contributed by atoms with Crippen LogP contribution in [0.1, 0.15) is 32.3 Å². The number of allylic oxidation sites excluding steroid dienone is 2. The van der Waals surface area contributed by atoms with Gasteiger partial charge >= 0.3 is 0 Å². The zero-order chi connectivity index (χ0) is 17.6. The minimum atomic E-state index is 0.738. The number of benzene rings is 1. The Labute approximate surface area is 150 Å². The lowest BCUT2D eigenvalue weighted by Crippen LogP contribution is -2.36. The fraction of sp³-hybridized carbons (Fsp3) is 0.476. The minimum absolute atomic E-state index is 0.738. The van der Waals surface area contributed by atoms with E-state index in [0.29, 0.717) is 0 Å². The second-order valence-electron chi connectivity index (χ2n) is 6.52. The third kappa shape index (κ3) is 3.96. The quantitative estimate of drug-likeness (QED) is 0.742. The van der Waals surface area contributed by atoms with Crippen molar-refractivity contribution >= 4 is 18.0 Å². The van der Waals surface area contributed by atoms with Crippen LogP contribution in [0, 0.1) is 0 Å². The molecule has 0 saturated carbocycles. The van der Waals surface area contributed by atoms with E-state index in [1.165, 1.54) is 16.8 Å². The summed E-state index contributed by atoms with van der Waals surface area (Å²) in [6.07, 6.45) is 5.07. The molecule has 0 bridgehead atoms. The normalized spacial score (nSPS) is 19.6. The number of hydrogen-bond acceptors (Lipinski definition) is 4. The molecule has 1 heterocycles. The Morgan fingerprint density at radius 2 is 1.76 bits per heavy atom. The summed E-state index contributed by atoms with van der Waals surface area (Å²) in [6, 6.07) is 8.73. The number of rotatable bonds is 6. The molecule has 0 N–H and O–H groups in total. The molecular weight excluding hydrogens is 312 g/mol. The maximum atomic E-state index is 11.5. The SMILES string of the molecule is CCN(CC)c1ccc(/C=C2/CCC(C=O)=C2N2CCOCC2)cc1. The van der Waals surface area contributed by atoms with Gasteiger partial charge in [-0.3, -0.25) is 4.79 Å². The van der Waals surface area contributed by atoms with Gasteiger partial charge in [-0.15, -0.1) is 0 Å². The van der Waals surface area contributed by atoms with E-state index in [0.717, 1.165) is 69.8 Å². The Bertz CT molecular complexity index is 651. The van der Waals surface area contributed by atoms with Crippen molar-refractivity contribution in [3.05, 3.63) is 46.7 Å². The summed E-state index contributed by atoms with van der Waals surface area (Å²) < 4.78 is 5.46. The Kier molecular flexibility index (Phi) is 5.92. The van der Waals surface area contributed by atoms with Crippen molar-refractivity contribution in [3.8, 4) is 0 Å². The highest BCUT2D eigenvalue weighted by molar-refractivity contribution is 5.80. The van der Waals surface area contributed by atoms with Crippen molar-refractivity contribution in [2.75, 3.05) is 44.3 Å². The number of ether oxygens (including phenoxy) is 1. The lowest BCUT2D eigenvalue weighted by Gasteiger charge is -2.31. The smallest absolute Gasteiger partial charge is 0.148 e. The molecule has 2 aliphatic rings. The lowest BCUT2D eigenvalue weighted by atomic mass is 10.1. The average molecular weight is 340 g/mol. The van der Waals surface area contributed by atoms with Crippen LogP contribution in [0.5, 0.6) is 0 Å². The molecule has 3 rings (SSSR count). The van der Waals surface area contributed by atoms with Crippen LogP contribution in [-0.2, 0) is 9.53 Å². The van der Waals surface area contributed by atoms with E-state index in [2.05, 4.69) is 54.0 Å². The third-order valence-corrected chi connectivity index (χ3v) is 5.10. The average Bonchev–Trinajstić information content (AvgIpc) is 3.07. The number of morpholine rings is 1. The summed E-state index contributed by atoms with van der Waals surface area (Å²) in [4.78, 5) is 16.2. The predicted molar refractivity (Wildman–Crippen MR) is 103 cm³/mol. The van der Waals surface area contributed by atoms with Crippen LogP contribution in [-0.4, -0.2) is 50.6 Å². The molecule has 4 nitrogen and oxygen atoms in total. The Balaban J connectivity index is 1.84. The maximum Gasteiger partial charge on any atom is 0.148 e. The van der Waals surface area contributed by atoms with Gasteiger partial charge in [-0.2, -0.15) is 0 Å². The highest BCUT2D eigenvalue weighted by atomic mass is 16.5. The second kappa shape index (κ2) is 8.34. The molecule has 0 radical (unpaired) electrons. The zero-order valence-corrected chi connectivity index (χ0v) is 15.3. The molecule has 1 aliphatic carbocycles. The number of carbonyl (C=O) groups is 1. The van der Waals surface area contributed by atoms with Gasteiger partial charge in [0.25, 0.3) is 0 Å². The summed E-state index contributed by atoms with van der Waals surface area (Å²) in [7, 11) is 0. The van der Waals surface area contributed by atoms with Gasteiger partial charge in [0.1, 0.15) is 6.29 Å². The molecule has 1 saturated heterocycles. The van der Waals surface area contributed by atoms with Gasteiger partial charge in [-0.1, -0.05) is 12.1 Å². The van der Waals surface area contributed by atoms with Gasteiger partial charge in [-0.25, -0.2) is 0 Å². The number of nitrogens with zero attached hydrogens (tertiary/aromatic N) is 2. The first kappa shape index (κ1) is 17.7. The van der Waals surface area contributed by atoms with Crippen LogP contribution < -0.4 is 4.90 Å². The monoisotopic (exact) mass is 340 g/mol. The van der Waals surface area contributed by atoms with Crippen molar-refractivity contribution in [2.24, 2.45) is 0 Å². The summed E-state index contributed by atoms with van der Waals surface area (Å²) in [5.74, 6) is 0. The van der Waals surface area contributed by atoms with Crippen LogP contribution in [0.3, 0.4) is 0 Å². The fourth-order valence-corrected chi connectivity index (χ4v) is 3.73. The van der Waals surface area contributed by atoms with E-state index in [1.54, 1.807) is 0 Å². The molecule has 0 unspecified atom stereocenters. The van der Waals surface area contributed by atoms with E-state index < -0.39 is 0 Å². The van der Waals surface area contributed by atoms with Crippen molar-refractivity contribution < 1.29 is 9.53 Å². The van der Waals surface area contributed by atoms with Crippen LogP contribution in [0.15, 0.2) is 41.1 Å². The van der Waals surface area contributed by atoms with Crippen LogP contribution >= 0.6 is 0 Å². The topological polar surface area (TPSA) is 32.8 Å². The first-order valence-electron chi connectivity index (χ1n) is 9.33. The van der Waals surface area contributed by atoms with Crippen molar-refractivity contribution in [1.82, 2.24) is 4.90 Å². The van der Waals surface area contributed by atoms with Crippen molar-refractivity contribution in [3.63, 3.8) is 0 Å². The Morgan fingerprint density at radius 1 is 1.08 bits per heavy atom. The van der Waals surface area contributed by atoms with Gasteiger partial charge < -0.3 is 14.5 Å². The molecule has 0 aromatic heterocycles. The summed E-state index contributed by atoms with van der Waals surface area (Å²) >= 11 is 0. The molecule has 0 amide bonds. The first-order valence-corrected chi connectivity index (χ1v) is 9.33. The molecule has 0 spiro atoms. The van der Waals surface area contributed by atoms with E-state index >= 15 is 0 Å². The molecule has 1 fully saturated rings. The van der Waals surface area contributed by atoms with Gasteiger partial charge in [-0.05, 0) is 56.0 Å². The molecule has 0 atom stereocenters. The summed E-state index contributed by atoms with van der Waals surface area (Å²) in [5.41, 5.74) is 5.82. The van der Waals surface area contributed by atoms with Crippen molar-refractivity contribution in [2.45, 2.75) is 26.7 Å². The van der Waals surface area contributed by atoms with E-state index in [9.17, 15) is 4.79 Å². The Hall–Kier alpha value is -2.07. The third-order valence-electron chi connectivity index (χ3n) is 5.10. The zero-order valence-electron chi connectivity index (χ0n) is 15.3. The number of anilines is 1. The highest BCUT2D eigenvalue weighted by Gasteiger charge is 2.25. The molecule has 1 aromatic rings. The van der Waals surface area contributed by atoms with Crippen LogP contribution in [0.2, 0.25) is 0 Å². The molecule has 1 aromatic carbocycles. The van der Waals surface area contributed by atoms with Gasteiger partial charge in [0.15, 0.2) is 0 Å². The van der Waals surface area contributed by atoms with Crippen LogP contribution in [0.25, 0.3) is 6.08 Å². The Morgan fingerprint density at radius 3 is 2.36 bits per heavy atom. The van der Waals surface area contributed by atoms with Gasteiger partial charge in [0.05, 0.1) is 13.2 Å². The summed E-state index contributed by atoms with van der Waals surface area (Å²) in [5, 5.41) is 0. The number of hydrogen-bond donors (Lipinski definition) is 0. The summed E-state index contributed by atoms with van der Waals surface area (Å²) in [6.45, 7) is 9.60.